The van der Waals surface area contributed by atoms with Crippen LogP contribution in [0.4, 0.5) is 0 Å². The van der Waals surface area contributed by atoms with E-state index in [2.05, 4.69) is 0 Å². The van der Waals surface area contributed by atoms with E-state index in [0.717, 1.165) is 22.3 Å². The van der Waals surface area contributed by atoms with Crippen LogP contribution in [0.25, 0.3) is 0 Å². The number of ether oxygens (including phenoxy) is 2. The van der Waals surface area contributed by atoms with E-state index < -0.39 is 6.10 Å². The number of aromatic hydroxyl groups is 3. The van der Waals surface area contributed by atoms with Crippen LogP contribution in [0.2, 0.25) is 0 Å². The van der Waals surface area contributed by atoms with Gasteiger partial charge in [0.1, 0.15) is 28.9 Å². The van der Waals surface area contributed by atoms with E-state index in [9.17, 15) is 20.1 Å². The average molecular weight is 507 g/mol. The fourth-order valence-electron chi connectivity index (χ4n) is 4.42. The second-order valence-corrected chi connectivity index (χ2v) is 10.3. The van der Waals surface area contributed by atoms with Gasteiger partial charge in [0.2, 0.25) is 0 Å². The molecule has 0 fully saturated rings. The molecule has 0 saturated heterocycles. The van der Waals surface area contributed by atoms with Crippen molar-refractivity contribution >= 4 is 5.78 Å². The predicted octanol–water partition coefficient (Wildman–Crippen LogP) is 7.04. The normalized spacial score (nSPS) is 14.4. The molecule has 3 rings (SSSR count). The van der Waals surface area contributed by atoms with Gasteiger partial charge < -0.3 is 24.8 Å². The predicted molar refractivity (Wildman–Crippen MR) is 146 cm³/mol. The molecule has 0 aliphatic carbocycles. The van der Waals surface area contributed by atoms with Gasteiger partial charge in [-0.3, -0.25) is 4.79 Å². The number of fused-ring (bicyclic) bond motifs is 1. The fraction of sp³-hybridized carbons (Fsp3) is 0.387. The van der Waals surface area contributed by atoms with Crippen molar-refractivity contribution in [2.75, 3.05) is 7.11 Å². The molecule has 0 bridgehead atoms. The summed E-state index contributed by atoms with van der Waals surface area (Å²) in [5, 5.41) is 32.9. The van der Waals surface area contributed by atoms with Crippen molar-refractivity contribution in [3.8, 4) is 28.7 Å². The molecule has 0 aromatic heterocycles. The Kier molecular flexibility index (Phi) is 8.74. The molecule has 37 heavy (non-hydrogen) atoms. The zero-order valence-electron chi connectivity index (χ0n) is 22.9. The van der Waals surface area contributed by atoms with Crippen LogP contribution < -0.4 is 9.47 Å². The number of carbonyl (C=O) groups excluding carboxylic acids is 1. The maximum absolute atomic E-state index is 13.4. The Morgan fingerprint density at radius 1 is 0.892 bits per heavy atom. The summed E-state index contributed by atoms with van der Waals surface area (Å²) in [5.41, 5.74) is 5.49. The molecule has 1 aliphatic heterocycles. The Labute approximate surface area is 219 Å². The third-order valence-electron chi connectivity index (χ3n) is 6.41. The van der Waals surface area contributed by atoms with Crippen molar-refractivity contribution in [2.24, 2.45) is 0 Å². The molecule has 0 unspecified atom stereocenters. The summed E-state index contributed by atoms with van der Waals surface area (Å²) in [4.78, 5) is 13.4. The van der Waals surface area contributed by atoms with Gasteiger partial charge in [-0.05, 0) is 78.5 Å². The molecule has 1 atom stereocenters. The van der Waals surface area contributed by atoms with Crippen LogP contribution in [0.5, 0.6) is 28.7 Å². The third kappa shape index (κ3) is 6.19. The highest BCUT2D eigenvalue weighted by Crippen LogP contribution is 2.49. The molecule has 0 radical (unpaired) electrons. The smallest absolute Gasteiger partial charge is 0.174 e. The molecule has 0 amide bonds. The van der Waals surface area contributed by atoms with Gasteiger partial charge in [0, 0.05) is 16.7 Å². The van der Waals surface area contributed by atoms with E-state index in [4.69, 9.17) is 9.47 Å². The number of phenols is 3. The van der Waals surface area contributed by atoms with Gasteiger partial charge in [0.15, 0.2) is 17.3 Å². The zero-order valence-corrected chi connectivity index (χ0v) is 22.9. The monoisotopic (exact) mass is 506 g/mol. The summed E-state index contributed by atoms with van der Waals surface area (Å²) in [6.45, 7) is 11.8. The van der Waals surface area contributed by atoms with Gasteiger partial charge in [-0.1, -0.05) is 34.9 Å². The minimum Gasteiger partial charge on any atom is -0.507 e. The number of rotatable bonds is 8. The number of hydrogen-bond acceptors (Lipinski definition) is 6. The van der Waals surface area contributed by atoms with Crippen LogP contribution in [0.3, 0.4) is 0 Å². The summed E-state index contributed by atoms with van der Waals surface area (Å²) >= 11 is 0. The Morgan fingerprint density at radius 3 is 2.03 bits per heavy atom. The lowest BCUT2D eigenvalue weighted by molar-refractivity contribution is 0.0841. The first kappa shape index (κ1) is 27.9. The largest absolute Gasteiger partial charge is 0.507 e. The van der Waals surface area contributed by atoms with Crippen LogP contribution >= 0.6 is 0 Å². The second-order valence-electron chi connectivity index (χ2n) is 10.3. The maximum Gasteiger partial charge on any atom is 0.174 e. The van der Waals surface area contributed by atoms with Crippen molar-refractivity contribution in [2.45, 2.75) is 73.3 Å². The van der Waals surface area contributed by atoms with Gasteiger partial charge in [0.05, 0.1) is 13.5 Å². The Balaban J connectivity index is 2.16. The number of phenolic OH excluding ortho intramolecular Hbond substituents is 3. The summed E-state index contributed by atoms with van der Waals surface area (Å²) in [7, 11) is 1.51. The van der Waals surface area contributed by atoms with Crippen molar-refractivity contribution in [1.29, 1.82) is 0 Å². The highest BCUT2D eigenvalue weighted by Gasteiger charge is 2.36. The molecule has 1 heterocycles. The fourth-order valence-corrected chi connectivity index (χ4v) is 4.42. The number of hydrogen-bond donors (Lipinski definition) is 3. The van der Waals surface area contributed by atoms with E-state index in [1.165, 1.54) is 7.11 Å². The molecule has 0 saturated carbocycles. The zero-order chi connectivity index (χ0) is 27.4. The summed E-state index contributed by atoms with van der Waals surface area (Å²) in [6, 6.07) is 3.42. The first-order valence-electron chi connectivity index (χ1n) is 12.5. The molecule has 0 spiro atoms. The standard InChI is InChI=1S/C31H38O6/c1-17(2)8-11-20-14-21(15-25(33)30(20)36-7)26-16-24(32)27-29(35)22(12-9-18(3)4)28(34)23(31(27)37-26)13-10-19(5)6/h8-10,14-15,26,33-35H,11-13,16H2,1-7H3/t26-/m0/s1. The Hall–Kier alpha value is -3.67. The minimum atomic E-state index is -0.699. The molecule has 198 valence electrons. The first-order chi connectivity index (χ1) is 17.4. The van der Waals surface area contributed by atoms with Crippen LogP contribution in [0.15, 0.2) is 47.1 Å². The second kappa shape index (κ2) is 11.6. The highest BCUT2D eigenvalue weighted by atomic mass is 16.5. The topological polar surface area (TPSA) is 96.2 Å². The van der Waals surface area contributed by atoms with Crippen molar-refractivity contribution in [3.05, 3.63) is 74.9 Å². The molecular formula is C31H38O6. The summed E-state index contributed by atoms with van der Waals surface area (Å²) in [6.07, 6.45) is 6.36. The van der Waals surface area contributed by atoms with Gasteiger partial charge in [0.25, 0.3) is 0 Å². The van der Waals surface area contributed by atoms with Crippen LogP contribution in [-0.2, 0) is 19.3 Å². The molecule has 2 aromatic carbocycles. The lowest BCUT2D eigenvalue weighted by Crippen LogP contribution is -2.22. The quantitative estimate of drug-likeness (QED) is 0.332. The SMILES string of the molecule is COc1c(O)cc([C@@H]2CC(=O)c3c(O)c(CC=C(C)C)c(O)c(CC=C(C)C)c3O2)cc1CC=C(C)C. The van der Waals surface area contributed by atoms with E-state index in [0.29, 0.717) is 41.7 Å². The van der Waals surface area contributed by atoms with E-state index in [1.807, 2.05) is 65.8 Å². The average Bonchev–Trinajstić information content (AvgIpc) is 2.81. The minimum absolute atomic E-state index is 0.0106. The number of methoxy groups -OCH3 is 1. The Bertz CT molecular complexity index is 1280. The highest BCUT2D eigenvalue weighted by molar-refractivity contribution is 6.04. The van der Waals surface area contributed by atoms with Crippen molar-refractivity contribution < 1.29 is 29.6 Å². The number of allylic oxidation sites excluding steroid dienone is 6. The summed E-state index contributed by atoms with van der Waals surface area (Å²) < 4.78 is 11.8. The number of ketones is 1. The molecule has 3 N–H and O–H groups in total. The van der Waals surface area contributed by atoms with Crippen LogP contribution in [0.1, 0.15) is 86.7 Å². The molecular weight excluding hydrogens is 468 g/mol. The van der Waals surface area contributed by atoms with Gasteiger partial charge >= 0.3 is 0 Å². The first-order valence-corrected chi connectivity index (χ1v) is 12.5. The molecule has 6 heteroatoms. The van der Waals surface area contributed by atoms with Gasteiger partial charge in [-0.15, -0.1) is 0 Å². The lowest BCUT2D eigenvalue weighted by atomic mass is 9.88. The van der Waals surface area contributed by atoms with E-state index >= 15 is 0 Å². The molecule has 6 nitrogen and oxygen atoms in total. The van der Waals surface area contributed by atoms with Crippen molar-refractivity contribution in [1.82, 2.24) is 0 Å². The molecule has 2 aromatic rings. The Morgan fingerprint density at radius 2 is 1.46 bits per heavy atom. The third-order valence-corrected chi connectivity index (χ3v) is 6.41. The summed E-state index contributed by atoms with van der Waals surface area (Å²) in [5.74, 6) is -0.0471. The van der Waals surface area contributed by atoms with Crippen LogP contribution in [-0.4, -0.2) is 28.2 Å². The van der Waals surface area contributed by atoms with E-state index in [1.54, 1.807) is 6.07 Å². The van der Waals surface area contributed by atoms with Gasteiger partial charge in [-0.25, -0.2) is 0 Å². The number of Topliss-reactive ketones (excluding diaryl/α,β-unsaturated/α-hetero) is 1. The number of benzene rings is 2. The van der Waals surface area contributed by atoms with Crippen LogP contribution in [0, 0.1) is 0 Å². The maximum atomic E-state index is 13.4. The molecule has 1 aliphatic rings. The van der Waals surface area contributed by atoms with Crippen molar-refractivity contribution in [3.63, 3.8) is 0 Å². The van der Waals surface area contributed by atoms with E-state index in [-0.39, 0.29) is 40.8 Å². The lowest BCUT2D eigenvalue weighted by Gasteiger charge is -2.30. The van der Waals surface area contributed by atoms with Gasteiger partial charge in [-0.2, -0.15) is 0 Å². The number of carbonyl (C=O) groups is 1.